The highest BCUT2D eigenvalue weighted by Crippen LogP contribution is 2.37. The molecule has 2 aromatic heterocycles. The summed E-state index contributed by atoms with van der Waals surface area (Å²) in [6.07, 6.45) is 11.2. The molecule has 54 heavy (non-hydrogen) atoms. The number of aliphatic hydroxyl groups is 1. The lowest BCUT2D eigenvalue weighted by atomic mass is 10.0. The largest absolute Gasteiger partial charge is 0.489 e. The molecule has 2 fully saturated rings. The molecule has 0 bridgehead atoms. The van der Waals surface area contributed by atoms with Crippen LogP contribution in [0.3, 0.4) is 0 Å². The van der Waals surface area contributed by atoms with Gasteiger partial charge in [-0.05, 0) is 85.9 Å². The molecule has 4 aromatic rings. The van der Waals surface area contributed by atoms with Crippen LogP contribution in [0.5, 0.6) is 23.0 Å². The highest BCUT2D eigenvalue weighted by molar-refractivity contribution is 6.36. The van der Waals surface area contributed by atoms with Crippen molar-refractivity contribution in [3.63, 3.8) is 0 Å². The van der Waals surface area contributed by atoms with Crippen molar-refractivity contribution in [3.05, 3.63) is 104 Å². The van der Waals surface area contributed by atoms with E-state index in [-0.39, 0.29) is 29.4 Å². The Bertz CT molecular complexity index is 1840. The number of pyridine rings is 2. The number of alkyl halides is 4. The molecule has 0 amide bonds. The normalized spacial score (nSPS) is 14.0. The van der Waals surface area contributed by atoms with E-state index in [1.54, 1.807) is 24.0 Å². The molecule has 2 heterocycles. The van der Waals surface area contributed by atoms with Crippen LogP contribution in [0, 0.1) is 18.8 Å². The number of aldehydes is 1. The van der Waals surface area contributed by atoms with Gasteiger partial charge in [0.25, 0.3) is 0 Å². The maximum Gasteiger partial charge on any atom is 0.387 e. The third-order valence-electron chi connectivity index (χ3n) is 8.19. The Hall–Kier alpha value is -3.55. The number of ether oxygens (including phenoxy) is 4. The van der Waals surface area contributed by atoms with Crippen molar-refractivity contribution in [1.82, 2.24) is 0 Å². The smallest absolute Gasteiger partial charge is 0.387 e. The van der Waals surface area contributed by atoms with E-state index in [2.05, 4.69) is 9.47 Å². The summed E-state index contributed by atoms with van der Waals surface area (Å²) in [4.78, 5) is 10.6. The summed E-state index contributed by atoms with van der Waals surface area (Å²) in [7, 11) is 3.68. The first-order valence-electron chi connectivity index (χ1n) is 16.8. The van der Waals surface area contributed by atoms with E-state index in [4.69, 9.17) is 55.9 Å². The number of hydrogen-bond acceptors (Lipinski definition) is 6. The summed E-state index contributed by atoms with van der Waals surface area (Å²) in [6.45, 7) is -3.05. The molecule has 0 radical (unpaired) electrons. The lowest BCUT2D eigenvalue weighted by Crippen LogP contribution is -2.27. The maximum absolute atomic E-state index is 12.6. The minimum absolute atomic E-state index is 0.0359. The number of aryl methyl sites for hydroxylation is 2. The third-order valence-corrected chi connectivity index (χ3v) is 9.60. The Morgan fingerprint density at radius 1 is 0.722 bits per heavy atom. The SMILES string of the molecule is C[n+]1cc(Cl)c(CC(O)c2ccc(OC(F)F)c(OCC3CC3)c2)c(Cl)c1.Cc1c(Cl)c[n+](C)cc1Cl.O=Cc1ccc(OC(F)F)c(OCC2CC2)c1. The number of hydrogen-bond donors (Lipinski definition) is 1. The van der Waals surface area contributed by atoms with Crippen molar-refractivity contribution >= 4 is 52.7 Å². The molecule has 0 spiro atoms. The van der Waals surface area contributed by atoms with Gasteiger partial charge in [-0.3, -0.25) is 4.79 Å². The van der Waals surface area contributed by atoms with Gasteiger partial charge in [0.1, 0.15) is 40.5 Å². The van der Waals surface area contributed by atoms with Crippen LogP contribution in [0.15, 0.2) is 61.2 Å². The first kappa shape index (κ1) is 43.2. The summed E-state index contributed by atoms with van der Waals surface area (Å²) in [5.74, 6) is 1.24. The Morgan fingerprint density at radius 2 is 1.17 bits per heavy atom. The van der Waals surface area contributed by atoms with E-state index in [1.165, 1.54) is 36.4 Å². The van der Waals surface area contributed by atoms with Crippen LogP contribution in [-0.4, -0.2) is 37.8 Å². The van der Waals surface area contributed by atoms with Gasteiger partial charge in [0, 0.05) is 17.5 Å². The Morgan fingerprint density at radius 3 is 1.61 bits per heavy atom. The standard InChI is InChI=1S/C19H20Cl2F2NO3.C12H12F2O3.C7H8Cl2N/c1-24-8-14(20)13(15(21)9-24)7-16(25)12-4-5-17(27-19(22)23)18(6-12)26-10-11-2-3-11;13-12(14)17-10-4-3-9(6-15)5-11(10)16-7-8-1-2-8;1-5-6(8)3-10(2)4-7(5)9/h4-6,8-9,11,16,19,25H,2-3,7,10H2,1H3;3-6,8,12H,1-2,7H2;3-4H,1-2H3/q+1;;+1. The molecule has 2 saturated carbocycles. The molecule has 2 aliphatic rings. The topological polar surface area (TPSA) is 82.0 Å². The van der Waals surface area contributed by atoms with Crippen LogP contribution < -0.4 is 28.1 Å². The minimum atomic E-state index is -2.95. The fraction of sp³-hybridized carbons (Fsp3) is 0.395. The van der Waals surface area contributed by atoms with E-state index in [0.29, 0.717) is 68.1 Å². The van der Waals surface area contributed by atoms with Crippen molar-refractivity contribution in [3.8, 4) is 23.0 Å². The Kier molecular flexibility index (Phi) is 16.3. The number of aliphatic hydroxyl groups excluding tert-OH is 1. The van der Waals surface area contributed by atoms with Crippen LogP contribution in [0.4, 0.5) is 17.6 Å². The molecular formula is C38H40Cl4F4N2O6+2. The number of nitrogens with zero attached hydrogens (tertiary/aromatic N) is 2. The number of carbonyl (C=O) groups excluding carboxylic acids is 1. The van der Waals surface area contributed by atoms with E-state index < -0.39 is 19.3 Å². The number of halogens is 8. The molecule has 0 saturated heterocycles. The summed E-state index contributed by atoms with van der Waals surface area (Å²) < 4.78 is 73.0. The van der Waals surface area contributed by atoms with Gasteiger partial charge in [-0.1, -0.05) is 52.5 Å². The molecule has 16 heteroatoms. The highest BCUT2D eigenvalue weighted by Gasteiger charge is 2.25. The van der Waals surface area contributed by atoms with Crippen LogP contribution in [0.25, 0.3) is 0 Å². The van der Waals surface area contributed by atoms with Crippen molar-refractivity contribution in [2.24, 2.45) is 25.9 Å². The van der Waals surface area contributed by atoms with Gasteiger partial charge in [-0.15, -0.1) is 0 Å². The second-order valence-electron chi connectivity index (χ2n) is 12.9. The number of aromatic nitrogens is 2. The first-order chi connectivity index (χ1) is 25.6. The molecule has 1 unspecified atom stereocenters. The lowest BCUT2D eigenvalue weighted by molar-refractivity contribution is -0.671. The maximum atomic E-state index is 12.6. The average Bonchev–Trinajstić information content (AvgIpc) is 4.04. The van der Waals surface area contributed by atoms with Crippen molar-refractivity contribution < 1.29 is 55.5 Å². The van der Waals surface area contributed by atoms with E-state index in [1.807, 2.05) is 30.9 Å². The summed E-state index contributed by atoms with van der Waals surface area (Å²) in [6, 6.07) is 8.56. The van der Waals surface area contributed by atoms with Gasteiger partial charge in [0.05, 0.1) is 19.3 Å². The molecule has 8 nitrogen and oxygen atoms in total. The van der Waals surface area contributed by atoms with Crippen LogP contribution in [0.1, 0.15) is 58.8 Å². The zero-order valence-corrected chi connectivity index (χ0v) is 32.6. The van der Waals surface area contributed by atoms with Crippen molar-refractivity contribution in [2.75, 3.05) is 13.2 Å². The molecular weight excluding hydrogens is 798 g/mol. The second-order valence-corrected chi connectivity index (χ2v) is 14.5. The first-order valence-corrected chi connectivity index (χ1v) is 18.3. The molecule has 292 valence electrons. The molecule has 2 aromatic carbocycles. The number of rotatable bonds is 14. The van der Waals surface area contributed by atoms with Gasteiger partial charge in [-0.2, -0.15) is 17.6 Å². The monoisotopic (exact) mass is 836 g/mol. The zero-order valence-electron chi connectivity index (χ0n) is 29.6. The van der Waals surface area contributed by atoms with Gasteiger partial charge in [-0.25, -0.2) is 9.13 Å². The molecule has 1 atom stereocenters. The summed E-state index contributed by atoms with van der Waals surface area (Å²) >= 11 is 24.1. The number of carbonyl (C=O) groups is 1. The predicted molar refractivity (Wildman–Crippen MR) is 197 cm³/mol. The van der Waals surface area contributed by atoms with E-state index in [0.717, 1.165) is 31.2 Å². The number of benzene rings is 2. The van der Waals surface area contributed by atoms with E-state index >= 15 is 0 Å². The minimum Gasteiger partial charge on any atom is -0.489 e. The van der Waals surface area contributed by atoms with Crippen LogP contribution in [-0.2, 0) is 20.5 Å². The van der Waals surface area contributed by atoms with E-state index in [9.17, 15) is 27.5 Å². The predicted octanol–water partition coefficient (Wildman–Crippen LogP) is 9.50. The fourth-order valence-corrected chi connectivity index (χ4v) is 6.07. The van der Waals surface area contributed by atoms with Gasteiger partial charge in [0.2, 0.25) is 0 Å². The van der Waals surface area contributed by atoms with Crippen LogP contribution >= 0.6 is 46.4 Å². The molecule has 0 aliphatic heterocycles. The third kappa shape index (κ3) is 13.9. The molecule has 2 aliphatic carbocycles. The average molecular weight is 839 g/mol. The molecule has 6 rings (SSSR count). The quantitative estimate of drug-likeness (QED) is 0.0775. The van der Waals surface area contributed by atoms with Gasteiger partial charge >= 0.3 is 13.2 Å². The molecule has 1 N–H and O–H groups in total. The Labute approximate surface area is 331 Å². The highest BCUT2D eigenvalue weighted by atomic mass is 35.5. The van der Waals surface area contributed by atoms with Crippen molar-refractivity contribution in [1.29, 1.82) is 0 Å². The summed E-state index contributed by atoms with van der Waals surface area (Å²) in [5.41, 5.74) is 2.42. The van der Waals surface area contributed by atoms with Crippen LogP contribution in [0.2, 0.25) is 20.1 Å². The van der Waals surface area contributed by atoms with Gasteiger partial charge in [0.15, 0.2) is 47.8 Å². The zero-order chi connectivity index (χ0) is 39.5. The lowest BCUT2D eigenvalue weighted by Gasteiger charge is -2.17. The Balaban J connectivity index is 0.000000204. The fourth-order valence-electron chi connectivity index (χ4n) is 4.80. The van der Waals surface area contributed by atoms with Gasteiger partial charge < -0.3 is 24.1 Å². The summed E-state index contributed by atoms with van der Waals surface area (Å²) in [5, 5.41) is 12.9. The van der Waals surface area contributed by atoms with Crippen molar-refractivity contribution in [2.45, 2.75) is 58.4 Å². The second kappa shape index (κ2) is 20.4.